The van der Waals surface area contributed by atoms with Crippen LogP contribution in [0.1, 0.15) is 16.8 Å². The number of primary amides is 1. The zero-order chi connectivity index (χ0) is 24.0. The summed E-state index contributed by atoms with van der Waals surface area (Å²) in [6.45, 7) is -3.31. The molecule has 0 unspecified atom stereocenters. The molecule has 1 fully saturated rings. The fraction of sp³-hybridized carbons (Fsp3) is 0.300. The fourth-order valence-electron chi connectivity index (χ4n) is 3.36. The number of hydrogen-bond donors (Lipinski definition) is 2. The normalized spacial score (nSPS) is 17.3. The number of alkyl halides is 3. The number of halogens is 4. The molecule has 3 N–H and O–H groups in total. The zero-order valence-electron chi connectivity index (χ0n) is 17.4. The Balaban J connectivity index is 1.81. The summed E-state index contributed by atoms with van der Waals surface area (Å²) in [5.41, 5.74) is 5.10. The van der Waals surface area contributed by atoms with Crippen LogP contribution in [0.15, 0.2) is 24.5 Å². The second-order valence-corrected chi connectivity index (χ2v) is 7.51. The summed E-state index contributed by atoms with van der Waals surface area (Å²) in [5.74, 6) is -4.11. The zero-order valence-corrected chi connectivity index (χ0v) is 17.4. The van der Waals surface area contributed by atoms with Crippen molar-refractivity contribution in [3.63, 3.8) is 0 Å². The summed E-state index contributed by atoms with van der Waals surface area (Å²) < 4.78 is 60.2. The highest BCUT2D eigenvalue weighted by Gasteiger charge is 2.44. The van der Waals surface area contributed by atoms with E-state index in [-0.39, 0.29) is 23.6 Å². The van der Waals surface area contributed by atoms with Crippen molar-refractivity contribution in [2.75, 3.05) is 17.3 Å². The van der Waals surface area contributed by atoms with Crippen molar-refractivity contribution in [3.05, 3.63) is 35.9 Å². The van der Waals surface area contributed by atoms with Gasteiger partial charge >= 0.3 is 6.61 Å². The first kappa shape index (κ1) is 22.3. The number of imidazole rings is 1. The van der Waals surface area contributed by atoms with Gasteiger partial charge in [-0.1, -0.05) is 0 Å². The second-order valence-electron chi connectivity index (χ2n) is 7.51. The largest absolute Gasteiger partial charge is 0.432 e. The van der Waals surface area contributed by atoms with Crippen LogP contribution in [-0.2, 0) is 11.8 Å². The maximum absolute atomic E-state index is 14.9. The number of nitrogens with two attached hydrogens (primary N) is 1. The van der Waals surface area contributed by atoms with Gasteiger partial charge in [-0.05, 0) is 18.6 Å². The number of rotatable bonds is 7. The summed E-state index contributed by atoms with van der Waals surface area (Å²) in [6, 6.07) is 3.16. The van der Waals surface area contributed by atoms with Crippen LogP contribution in [0.4, 0.5) is 34.9 Å². The number of pyridine rings is 1. The number of aromatic nitrogens is 3. The number of anilines is 3. The second kappa shape index (κ2) is 8.22. The van der Waals surface area contributed by atoms with Crippen LogP contribution in [0.2, 0.25) is 0 Å². The molecule has 0 aliphatic heterocycles. The van der Waals surface area contributed by atoms with Crippen LogP contribution in [0.25, 0.3) is 11.0 Å². The fourth-order valence-corrected chi connectivity index (χ4v) is 3.36. The lowest BCUT2D eigenvalue weighted by molar-refractivity contribution is -0.117. The summed E-state index contributed by atoms with van der Waals surface area (Å²) in [6.07, 6.45) is 0.318. The van der Waals surface area contributed by atoms with E-state index < -0.39 is 47.8 Å². The molecule has 174 valence electrons. The van der Waals surface area contributed by atoms with Crippen molar-refractivity contribution in [3.8, 4) is 5.75 Å². The van der Waals surface area contributed by atoms with E-state index in [1.54, 1.807) is 11.6 Å². The van der Waals surface area contributed by atoms with Gasteiger partial charge in [0.15, 0.2) is 17.4 Å². The summed E-state index contributed by atoms with van der Waals surface area (Å²) in [7, 11) is 2.99. The number of hydrogen-bond acceptors (Lipinski definition) is 6. The Morgan fingerprint density at radius 2 is 2.03 bits per heavy atom. The van der Waals surface area contributed by atoms with Crippen LogP contribution >= 0.6 is 0 Å². The van der Waals surface area contributed by atoms with Gasteiger partial charge < -0.3 is 25.3 Å². The minimum atomic E-state index is -3.31. The number of nitrogens with zero attached hydrogens (tertiary/aromatic N) is 4. The van der Waals surface area contributed by atoms with Gasteiger partial charge in [-0.25, -0.2) is 18.7 Å². The lowest BCUT2D eigenvalue weighted by Crippen LogP contribution is -2.20. The summed E-state index contributed by atoms with van der Waals surface area (Å²) >= 11 is 0. The molecule has 0 spiro atoms. The van der Waals surface area contributed by atoms with E-state index >= 15 is 0 Å². The Hall–Kier alpha value is -3.90. The van der Waals surface area contributed by atoms with Crippen molar-refractivity contribution >= 4 is 40.2 Å². The van der Waals surface area contributed by atoms with Gasteiger partial charge in [0.05, 0.1) is 17.8 Å². The van der Waals surface area contributed by atoms with Gasteiger partial charge in [-0.15, -0.1) is 0 Å². The molecule has 1 aliphatic carbocycles. The standard InChI is InChI=1S/C20H18F4N6O3/c1-29-7-26-15-12(29)6-14(27-18(15)28-19(32)9-5-10(9)21)30(2)16-11(22)3-8(17(25)31)4-13(16)33-20(23)24/h3-4,6-7,9-10,20H,5H2,1-2H3,(H2,25,31)(H,27,28,32)/t9-,10+/m0/s1. The third-order valence-corrected chi connectivity index (χ3v) is 5.20. The predicted octanol–water partition coefficient (Wildman–Crippen LogP) is 2.87. The molecule has 13 heteroatoms. The first-order valence-electron chi connectivity index (χ1n) is 9.65. The summed E-state index contributed by atoms with van der Waals surface area (Å²) in [4.78, 5) is 33.3. The number of carbonyl (C=O) groups is 2. The maximum Gasteiger partial charge on any atom is 0.387 e. The molecule has 2 aromatic heterocycles. The molecule has 33 heavy (non-hydrogen) atoms. The SMILES string of the molecule is CN(c1cc2c(ncn2C)c(NC(=O)[C@H]2C[C@H]2F)n1)c1c(F)cc(C(N)=O)cc1OC(F)F. The number of nitrogens with one attached hydrogen (secondary N) is 1. The maximum atomic E-state index is 14.9. The van der Waals surface area contributed by atoms with Crippen LogP contribution < -0.4 is 20.7 Å². The van der Waals surface area contributed by atoms with Crippen molar-refractivity contribution in [1.29, 1.82) is 0 Å². The van der Waals surface area contributed by atoms with E-state index in [2.05, 4.69) is 20.0 Å². The Kier molecular flexibility index (Phi) is 5.56. The van der Waals surface area contributed by atoms with E-state index in [0.717, 1.165) is 17.0 Å². The average Bonchev–Trinajstić information content (AvgIpc) is 3.36. The van der Waals surface area contributed by atoms with E-state index in [4.69, 9.17) is 5.73 Å². The quantitative estimate of drug-likeness (QED) is 0.518. The smallest absolute Gasteiger partial charge is 0.387 e. The van der Waals surface area contributed by atoms with E-state index in [1.165, 1.54) is 19.4 Å². The van der Waals surface area contributed by atoms with Gasteiger partial charge in [0.25, 0.3) is 0 Å². The molecule has 9 nitrogen and oxygen atoms in total. The minimum absolute atomic E-state index is 0.00968. The highest BCUT2D eigenvalue weighted by molar-refractivity contribution is 6.01. The Morgan fingerprint density at radius 3 is 2.64 bits per heavy atom. The molecule has 4 rings (SSSR count). The van der Waals surface area contributed by atoms with Crippen molar-refractivity contribution in [2.24, 2.45) is 18.7 Å². The molecule has 2 atom stereocenters. The first-order valence-corrected chi connectivity index (χ1v) is 9.65. The molecule has 2 heterocycles. The van der Waals surface area contributed by atoms with Gasteiger partial charge in [-0.2, -0.15) is 8.78 Å². The van der Waals surface area contributed by atoms with Gasteiger partial charge in [0, 0.05) is 25.7 Å². The van der Waals surface area contributed by atoms with Gasteiger partial charge in [-0.3, -0.25) is 9.59 Å². The number of carbonyl (C=O) groups excluding carboxylic acids is 2. The van der Waals surface area contributed by atoms with Gasteiger partial charge in [0.2, 0.25) is 11.8 Å². The van der Waals surface area contributed by atoms with Crippen LogP contribution in [0, 0.1) is 11.7 Å². The van der Waals surface area contributed by atoms with Crippen molar-refractivity contribution in [2.45, 2.75) is 19.2 Å². The Morgan fingerprint density at radius 1 is 1.33 bits per heavy atom. The van der Waals surface area contributed by atoms with Crippen molar-refractivity contribution in [1.82, 2.24) is 14.5 Å². The number of fused-ring (bicyclic) bond motifs is 1. The molecule has 3 aromatic rings. The van der Waals surface area contributed by atoms with Crippen LogP contribution in [0.3, 0.4) is 0 Å². The molecule has 0 bridgehead atoms. The minimum Gasteiger partial charge on any atom is -0.432 e. The third kappa shape index (κ3) is 4.25. The number of ether oxygens (including phenoxy) is 1. The molecule has 0 saturated heterocycles. The average molecular weight is 466 g/mol. The highest BCUT2D eigenvalue weighted by atomic mass is 19.3. The molecule has 2 amide bonds. The van der Waals surface area contributed by atoms with Crippen LogP contribution in [0.5, 0.6) is 5.75 Å². The van der Waals surface area contributed by atoms with E-state index in [9.17, 15) is 27.2 Å². The Bertz CT molecular complexity index is 1260. The molecule has 1 aliphatic rings. The van der Waals surface area contributed by atoms with Crippen molar-refractivity contribution < 1.29 is 31.9 Å². The number of amides is 2. The molecule has 1 saturated carbocycles. The third-order valence-electron chi connectivity index (χ3n) is 5.20. The topological polar surface area (TPSA) is 115 Å². The molecular formula is C20H18F4N6O3. The van der Waals surface area contributed by atoms with E-state index in [1.807, 2.05) is 0 Å². The number of aryl methyl sites for hydroxylation is 1. The summed E-state index contributed by atoms with van der Waals surface area (Å²) in [5, 5.41) is 2.52. The Labute approximate surface area is 184 Å². The highest BCUT2D eigenvalue weighted by Crippen LogP contribution is 2.39. The molecular weight excluding hydrogens is 448 g/mol. The van der Waals surface area contributed by atoms with E-state index in [0.29, 0.717) is 11.0 Å². The van der Waals surface area contributed by atoms with Crippen LogP contribution in [-0.4, -0.2) is 46.2 Å². The molecule has 0 radical (unpaired) electrons. The lowest BCUT2D eigenvalue weighted by atomic mass is 10.1. The van der Waals surface area contributed by atoms with Gasteiger partial charge in [0.1, 0.15) is 23.2 Å². The first-order chi connectivity index (χ1) is 15.6. The lowest BCUT2D eigenvalue weighted by Gasteiger charge is -2.23. The predicted molar refractivity (Wildman–Crippen MR) is 110 cm³/mol. The number of benzene rings is 1. The monoisotopic (exact) mass is 466 g/mol. The molecule has 1 aromatic carbocycles.